The number of halogens is 3. The van der Waals surface area contributed by atoms with E-state index in [0.717, 1.165) is 0 Å². The normalized spacial score (nSPS) is 10.4. The average Bonchev–Trinajstić information content (AvgIpc) is 2.31. The molecular formula is C13H8Br2FNO. The summed E-state index contributed by atoms with van der Waals surface area (Å²) < 4.78 is 14.3. The van der Waals surface area contributed by atoms with Gasteiger partial charge in [-0.3, -0.25) is 4.79 Å². The molecule has 0 saturated carbocycles. The van der Waals surface area contributed by atoms with Gasteiger partial charge in [0, 0.05) is 25.8 Å². The highest BCUT2D eigenvalue weighted by atomic mass is 79.9. The molecule has 0 heterocycles. The van der Waals surface area contributed by atoms with Crippen LogP contribution in [0.15, 0.2) is 45.3 Å². The number of rotatable bonds is 2. The van der Waals surface area contributed by atoms with E-state index in [-0.39, 0.29) is 11.3 Å². The summed E-state index contributed by atoms with van der Waals surface area (Å²) >= 11 is 6.52. The Hall–Kier alpha value is -1.20. The molecule has 2 aromatic carbocycles. The van der Waals surface area contributed by atoms with Crippen molar-refractivity contribution in [3.63, 3.8) is 0 Å². The van der Waals surface area contributed by atoms with Gasteiger partial charge in [0.2, 0.25) is 0 Å². The van der Waals surface area contributed by atoms with Crippen LogP contribution in [0, 0.1) is 5.82 Å². The molecule has 5 heteroatoms. The predicted molar refractivity (Wildman–Crippen MR) is 76.1 cm³/mol. The number of hydrogen-bond donors (Lipinski definition) is 1. The highest BCUT2D eigenvalue weighted by molar-refractivity contribution is 9.11. The second-order valence-electron chi connectivity index (χ2n) is 3.69. The Bertz CT molecular complexity index is 628. The maximum absolute atomic E-state index is 13.2. The Kier molecular flexibility index (Phi) is 3.82. The van der Waals surface area contributed by atoms with Crippen LogP contribution in [0.25, 0.3) is 0 Å². The number of benzene rings is 2. The highest BCUT2D eigenvalue weighted by Gasteiger charge is 2.16. The van der Waals surface area contributed by atoms with Crippen LogP contribution in [-0.4, -0.2) is 5.78 Å². The first-order chi connectivity index (χ1) is 8.49. The van der Waals surface area contributed by atoms with Gasteiger partial charge in [-0.25, -0.2) is 4.39 Å². The van der Waals surface area contributed by atoms with Crippen LogP contribution >= 0.6 is 31.9 Å². The molecule has 2 rings (SSSR count). The van der Waals surface area contributed by atoms with Crippen molar-refractivity contribution in [1.82, 2.24) is 0 Å². The van der Waals surface area contributed by atoms with E-state index < -0.39 is 5.82 Å². The molecule has 2 nitrogen and oxygen atoms in total. The van der Waals surface area contributed by atoms with Gasteiger partial charge in [-0.15, -0.1) is 0 Å². The van der Waals surface area contributed by atoms with Gasteiger partial charge in [0.15, 0.2) is 5.78 Å². The molecule has 0 amide bonds. The number of hydrogen-bond acceptors (Lipinski definition) is 2. The zero-order valence-corrected chi connectivity index (χ0v) is 12.3. The number of carbonyl (C=O) groups is 1. The minimum Gasteiger partial charge on any atom is -0.399 e. The van der Waals surface area contributed by atoms with Crippen molar-refractivity contribution >= 4 is 43.3 Å². The van der Waals surface area contributed by atoms with Crippen LogP contribution in [0.1, 0.15) is 15.9 Å². The predicted octanol–water partition coefficient (Wildman–Crippen LogP) is 4.16. The summed E-state index contributed by atoms with van der Waals surface area (Å²) in [4.78, 5) is 12.3. The molecule has 0 aromatic heterocycles. The second kappa shape index (κ2) is 5.20. The molecule has 18 heavy (non-hydrogen) atoms. The fourth-order valence-electron chi connectivity index (χ4n) is 1.53. The Morgan fingerprint density at radius 2 is 1.72 bits per heavy atom. The van der Waals surface area contributed by atoms with Gasteiger partial charge in [-0.05, 0) is 52.3 Å². The van der Waals surface area contributed by atoms with Crippen molar-refractivity contribution in [3.05, 3.63) is 62.3 Å². The summed E-state index contributed by atoms with van der Waals surface area (Å²) in [5.74, 6) is -0.721. The van der Waals surface area contributed by atoms with Gasteiger partial charge in [0.25, 0.3) is 0 Å². The van der Waals surface area contributed by atoms with E-state index in [2.05, 4.69) is 31.9 Å². The lowest BCUT2D eigenvalue weighted by Crippen LogP contribution is -2.04. The lowest BCUT2D eigenvalue weighted by atomic mass is 10.0. The first-order valence-corrected chi connectivity index (χ1v) is 6.62. The van der Waals surface area contributed by atoms with Crippen LogP contribution in [0.2, 0.25) is 0 Å². The molecule has 2 aromatic rings. The maximum Gasteiger partial charge on any atom is 0.195 e. The third kappa shape index (κ3) is 2.62. The lowest BCUT2D eigenvalue weighted by molar-refractivity contribution is 0.103. The Morgan fingerprint density at radius 1 is 1.00 bits per heavy atom. The van der Waals surface area contributed by atoms with Crippen LogP contribution in [0.4, 0.5) is 10.1 Å². The van der Waals surface area contributed by atoms with Gasteiger partial charge in [0.05, 0.1) is 0 Å². The summed E-state index contributed by atoms with van der Waals surface area (Å²) in [7, 11) is 0. The summed E-state index contributed by atoms with van der Waals surface area (Å²) in [6, 6.07) is 8.88. The molecule has 0 atom stereocenters. The van der Waals surface area contributed by atoms with Crippen LogP contribution in [-0.2, 0) is 0 Å². The molecule has 0 unspecified atom stereocenters. The first kappa shape index (κ1) is 13.2. The first-order valence-electron chi connectivity index (χ1n) is 5.04. The molecule has 0 spiro atoms. The Morgan fingerprint density at radius 3 is 2.39 bits per heavy atom. The molecule has 0 aliphatic heterocycles. The Labute approximate surface area is 120 Å². The third-order valence-corrected chi connectivity index (χ3v) is 3.76. The molecule has 0 bridgehead atoms. The zero-order chi connectivity index (χ0) is 13.3. The standard InChI is InChI=1S/C13H8Br2FNO/c14-11-4-1-7(16)5-10(11)13(18)9-3-2-8(17)6-12(9)15/h1-6H,17H2. The van der Waals surface area contributed by atoms with Crippen LogP contribution in [0.3, 0.4) is 0 Å². The van der Waals surface area contributed by atoms with Gasteiger partial charge in [0.1, 0.15) is 5.82 Å². The van der Waals surface area contributed by atoms with Gasteiger partial charge in [-0.1, -0.05) is 15.9 Å². The number of nitrogen functional groups attached to an aromatic ring is 1. The summed E-state index contributed by atoms with van der Waals surface area (Å²) in [5.41, 5.74) is 6.88. The minimum absolute atomic E-state index is 0.270. The zero-order valence-electron chi connectivity index (χ0n) is 9.08. The van der Waals surface area contributed by atoms with E-state index in [1.165, 1.54) is 18.2 Å². The Balaban J connectivity index is 2.51. The van der Waals surface area contributed by atoms with Crippen LogP contribution in [0.5, 0.6) is 0 Å². The summed E-state index contributed by atoms with van der Waals surface area (Å²) in [6.45, 7) is 0. The van der Waals surface area contributed by atoms with Crippen molar-refractivity contribution in [2.24, 2.45) is 0 Å². The fourth-order valence-corrected chi connectivity index (χ4v) is 2.54. The SMILES string of the molecule is Nc1ccc(C(=O)c2cc(F)ccc2Br)c(Br)c1. The lowest BCUT2D eigenvalue weighted by Gasteiger charge is -2.07. The van der Waals surface area contributed by atoms with E-state index in [4.69, 9.17) is 5.73 Å². The molecule has 0 fully saturated rings. The van der Waals surface area contributed by atoms with Gasteiger partial charge >= 0.3 is 0 Å². The molecule has 0 radical (unpaired) electrons. The second-order valence-corrected chi connectivity index (χ2v) is 5.40. The van der Waals surface area contributed by atoms with Crippen molar-refractivity contribution in [2.45, 2.75) is 0 Å². The number of anilines is 1. The molecular weight excluding hydrogens is 365 g/mol. The monoisotopic (exact) mass is 371 g/mol. The molecule has 0 aliphatic carbocycles. The van der Waals surface area contributed by atoms with Gasteiger partial charge < -0.3 is 5.73 Å². The van der Waals surface area contributed by atoms with Crippen molar-refractivity contribution < 1.29 is 9.18 Å². The topological polar surface area (TPSA) is 43.1 Å². The highest BCUT2D eigenvalue weighted by Crippen LogP contribution is 2.26. The van der Waals surface area contributed by atoms with Crippen LogP contribution < -0.4 is 5.73 Å². The van der Waals surface area contributed by atoms with E-state index in [9.17, 15) is 9.18 Å². The van der Waals surface area contributed by atoms with Crippen molar-refractivity contribution in [3.8, 4) is 0 Å². The molecule has 0 saturated heterocycles. The molecule has 92 valence electrons. The summed E-state index contributed by atoms with van der Waals surface area (Å²) in [5, 5.41) is 0. The fraction of sp³-hybridized carbons (Fsp3) is 0. The number of carbonyl (C=O) groups excluding carboxylic acids is 1. The summed E-state index contributed by atoms with van der Waals surface area (Å²) in [6.07, 6.45) is 0. The van der Waals surface area contributed by atoms with E-state index in [1.54, 1.807) is 18.2 Å². The van der Waals surface area contributed by atoms with Crippen molar-refractivity contribution in [2.75, 3.05) is 5.73 Å². The number of nitrogens with two attached hydrogens (primary N) is 1. The molecule has 0 aliphatic rings. The van der Waals surface area contributed by atoms with Crippen molar-refractivity contribution in [1.29, 1.82) is 0 Å². The number of ketones is 1. The van der Waals surface area contributed by atoms with Gasteiger partial charge in [-0.2, -0.15) is 0 Å². The third-order valence-electron chi connectivity index (χ3n) is 2.41. The maximum atomic E-state index is 13.2. The quantitative estimate of drug-likeness (QED) is 0.635. The van der Waals surface area contributed by atoms with E-state index in [0.29, 0.717) is 20.2 Å². The largest absolute Gasteiger partial charge is 0.399 e. The minimum atomic E-state index is -0.451. The van der Waals surface area contributed by atoms with E-state index >= 15 is 0 Å². The average molecular weight is 373 g/mol. The van der Waals surface area contributed by atoms with E-state index in [1.807, 2.05) is 0 Å². The molecule has 2 N–H and O–H groups in total. The smallest absolute Gasteiger partial charge is 0.195 e.